The molecule has 3 amide bonds. The van der Waals surface area contributed by atoms with Gasteiger partial charge in [-0.15, -0.1) is 12.4 Å². The molecule has 7 nitrogen and oxygen atoms in total. The fourth-order valence-electron chi connectivity index (χ4n) is 3.19. The first-order chi connectivity index (χ1) is 10.5. The Bertz CT molecular complexity index is 440. The Labute approximate surface area is 142 Å². The third-order valence-electron chi connectivity index (χ3n) is 4.67. The minimum atomic E-state index is -0.829. The van der Waals surface area contributed by atoms with E-state index in [1.54, 1.807) is 6.92 Å². The van der Waals surface area contributed by atoms with Gasteiger partial charge < -0.3 is 10.4 Å². The summed E-state index contributed by atoms with van der Waals surface area (Å²) in [7, 11) is 0. The summed E-state index contributed by atoms with van der Waals surface area (Å²) in [6, 6.07) is -0.792. The molecule has 0 aromatic carbocycles. The molecule has 0 aromatic heterocycles. The number of urea groups is 1. The Hall–Kier alpha value is -1.34. The van der Waals surface area contributed by atoms with Gasteiger partial charge >= 0.3 is 12.0 Å². The van der Waals surface area contributed by atoms with E-state index in [0.29, 0.717) is 19.5 Å². The minimum absolute atomic E-state index is 0. The molecule has 3 N–H and O–H groups in total. The number of nitrogens with one attached hydrogen (secondary N) is 2. The number of halogens is 1. The van der Waals surface area contributed by atoms with Gasteiger partial charge in [-0.1, -0.05) is 19.3 Å². The lowest BCUT2D eigenvalue weighted by Crippen LogP contribution is -2.51. The lowest BCUT2D eigenvalue weighted by Gasteiger charge is -2.25. The average Bonchev–Trinajstić information content (AvgIpc) is 2.97. The van der Waals surface area contributed by atoms with E-state index in [9.17, 15) is 14.4 Å². The van der Waals surface area contributed by atoms with Gasteiger partial charge in [0.1, 0.15) is 0 Å². The van der Waals surface area contributed by atoms with Gasteiger partial charge in [0.25, 0.3) is 0 Å². The van der Waals surface area contributed by atoms with Crippen molar-refractivity contribution in [2.24, 2.45) is 5.92 Å². The van der Waals surface area contributed by atoms with Crippen LogP contribution in [-0.4, -0.2) is 53.1 Å². The zero-order valence-corrected chi connectivity index (χ0v) is 14.2. The number of hydrogen-bond acceptors (Lipinski definition) is 4. The van der Waals surface area contributed by atoms with Crippen molar-refractivity contribution < 1.29 is 19.5 Å². The molecule has 2 rings (SSSR count). The molecule has 2 atom stereocenters. The highest BCUT2D eigenvalue weighted by molar-refractivity contribution is 5.96. The third-order valence-corrected chi connectivity index (χ3v) is 4.67. The topological polar surface area (TPSA) is 98.7 Å². The first-order valence-electron chi connectivity index (χ1n) is 8.05. The first-order valence-corrected chi connectivity index (χ1v) is 8.05. The average molecular weight is 348 g/mol. The monoisotopic (exact) mass is 347 g/mol. The molecule has 2 unspecified atom stereocenters. The Kier molecular flexibility index (Phi) is 7.78. The van der Waals surface area contributed by atoms with Crippen molar-refractivity contribution in [1.29, 1.82) is 0 Å². The maximum absolute atomic E-state index is 12.1. The molecule has 1 heterocycles. The molecule has 2 fully saturated rings. The van der Waals surface area contributed by atoms with E-state index in [1.807, 2.05) is 4.90 Å². The summed E-state index contributed by atoms with van der Waals surface area (Å²) in [6.07, 6.45) is 5.89. The van der Waals surface area contributed by atoms with Crippen molar-refractivity contribution in [2.45, 2.75) is 57.5 Å². The van der Waals surface area contributed by atoms with E-state index in [-0.39, 0.29) is 24.4 Å². The van der Waals surface area contributed by atoms with Gasteiger partial charge in [-0.2, -0.15) is 0 Å². The van der Waals surface area contributed by atoms with Crippen molar-refractivity contribution in [1.82, 2.24) is 15.5 Å². The van der Waals surface area contributed by atoms with Crippen molar-refractivity contribution in [3.8, 4) is 0 Å². The molecule has 1 aliphatic carbocycles. The van der Waals surface area contributed by atoms with Gasteiger partial charge in [0.05, 0.1) is 12.0 Å². The highest BCUT2D eigenvalue weighted by Crippen LogP contribution is 2.19. The van der Waals surface area contributed by atoms with Crippen molar-refractivity contribution in [3.63, 3.8) is 0 Å². The van der Waals surface area contributed by atoms with Crippen molar-refractivity contribution in [3.05, 3.63) is 0 Å². The molecule has 0 radical (unpaired) electrons. The van der Waals surface area contributed by atoms with Crippen LogP contribution in [0.1, 0.15) is 45.4 Å². The number of imide groups is 1. The molecule has 0 aromatic rings. The number of hydrogen-bond donors (Lipinski definition) is 3. The molecular formula is C15H26ClN3O4. The predicted octanol–water partition coefficient (Wildman–Crippen LogP) is 1.36. The van der Waals surface area contributed by atoms with Gasteiger partial charge in [0, 0.05) is 12.6 Å². The zero-order chi connectivity index (χ0) is 16.1. The van der Waals surface area contributed by atoms with Crippen LogP contribution in [0.25, 0.3) is 0 Å². The van der Waals surface area contributed by atoms with Crippen molar-refractivity contribution in [2.75, 3.05) is 13.1 Å². The van der Waals surface area contributed by atoms with Crippen LogP contribution in [0, 0.1) is 5.92 Å². The second kappa shape index (κ2) is 9.08. The van der Waals surface area contributed by atoms with Crippen LogP contribution >= 0.6 is 12.4 Å². The Morgan fingerprint density at radius 1 is 1.13 bits per heavy atom. The number of rotatable bonds is 4. The summed E-state index contributed by atoms with van der Waals surface area (Å²) in [4.78, 5) is 36.7. The third kappa shape index (κ3) is 5.66. The maximum atomic E-state index is 12.1. The van der Waals surface area contributed by atoms with Gasteiger partial charge in [-0.3, -0.25) is 19.8 Å². The normalized spacial score (nSPS) is 23.6. The fourth-order valence-corrected chi connectivity index (χ4v) is 3.19. The number of carbonyl (C=O) groups is 3. The molecule has 1 saturated carbocycles. The molecule has 1 saturated heterocycles. The summed E-state index contributed by atoms with van der Waals surface area (Å²) in [5.41, 5.74) is 0. The number of aliphatic carboxylic acids is 1. The van der Waals surface area contributed by atoms with Crippen LogP contribution in [-0.2, 0) is 9.59 Å². The Balaban J connectivity index is 0.00000264. The summed E-state index contributed by atoms with van der Waals surface area (Å²) in [5, 5.41) is 14.2. The number of amides is 3. The number of carbonyl (C=O) groups excluding carboxylic acids is 2. The maximum Gasteiger partial charge on any atom is 0.321 e. The quantitative estimate of drug-likeness (QED) is 0.713. The van der Waals surface area contributed by atoms with Crippen LogP contribution in [0.4, 0.5) is 4.79 Å². The Morgan fingerprint density at radius 3 is 2.35 bits per heavy atom. The summed E-state index contributed by atoms with van der Waals surface area (Å²) >= 11 is 0. The number of likely N-dealkylation sites (tertiary alicyclic amines) is 1. The highest BCUT2D eigenvalue weighted by Gasteiger charge is 2.33. The van der Waals surface area contributed by atoms with Crippen molar-refractivity contribution >= 4 is 30.3 Å². The van der Waals surface area contributed by atoms with Crippen LogP contribution in [0.2, 0.25) is 0 Å². The van der Waals surface area contributed by atoms with Gasteiger partial charge in [-0.25, -0.2) is 4.79 Å². The van der Waals surface area contributed by atoms with E-state index in [4.69, 9.17) is 5.11 Å². The molecule has 2 aliphatic rings. The highest BCUT2D eigenvalue weighted by atomic mass is 35.5. The predicted molar refractivity (Wildman–Crippen MR) is 87.6 cm³/mol. The number of nitrogens with zero attached hydrogens (tertiary/aromatic N) is 1. The molecular weight excluding hydrogens is 322 g/mol. The molecule has 0 spiro atoms. The van der Waals surface area contributed by atoms with Crippen LogP contribution in [0.15, 0.2) is 0 Å². The zero-order valence-electron chi connectivity index (χ0n) is 13.4. The van der Waals surface area contributed by atoms with E-state index in [1.165, 1.54) is 6.42 Å². The number of carboxylic acids is 1. The first kappa shape index (κ1) is 19.7. The number of carboxylic acid groups (broad SMARTS) is 1. The van der Waals surface area contributed by atoms with Gasteiger partial charge in [0.15, 0.2) is 0 Å². The lowest BCUT2D eigenvalue weighted by atomic mass is 9.96. The van der Waals surface area contributed by atoms with Crippen LogP contribution in [0.5, 0.6) is 0 Å². The SMILES string of the molecule is CC(C(=O)NC(=O)NC1CCCCC1)N1CCC(C(=O)O)C1.Cl. The van der Waals surface area contributed by atoms with Gasteiger partial charge in [0.2, 0.25) is 5.91 Å². The fraction of sp³-hybridized carbons (Fsp3) is 0.800. The molecule has 132 valence electrons. The molecule has 8 heteroatoms. The van der Waals surface area contributed by atoms with E-state index >= 15 is 0 Å². The largest absolute Gasteiger partial charge is 0.481 e. The smallest absolute Gasteiger partial charge is 0.321 e. The van der Waals surface area contributed by atoms with Gasteiger partial charge in [-0.05, 0) is 32.7 Å². The standard InChI is InChI=1S/C15H25N3O4.ClH/c1-10(18-8-7-11(9-18)14(20)21)13(19)17-15(22)16-12-5-3-2-4-6-12;/h10-12H,2-9H2,1H3,(H,20,21)(H2,16,17,19,22);1H. The molecule has 23 heavy (non-hydrogen) atoms. The van der Waals surface area contributed by atoms with E-state index < -0.39 is 24.0 Å². The molecule has 1 aliphatic heterocycles. The van der Waals surface area contributed by atoms with Crippen LogP contribution in [0.3, 0.4) is 0 Å². The summed E-state index contributed by atoms with van der Waals surface area (Å²) in [6.45, 7) is 2.62. The van der Waals surface area contributed by atoms with E-state index in [2.05, 4.69) is 10.6 Å². The lowest BCUT2D eigenvalue weighted by molar-refractivity contribution is -0.141. The van der Waals surface area contributed by atoms with E-state index in [0.717, 1.165) is 25.7 Å². The second-order valence-electron chi connectivity index (χ2n) is 6.29. The summed E-state index contributed by atoms with van der Waals surface area (Å²) in [5.74, 6) is -1.63. The molecule has 0 bridgehead atoms. The minimum Gasteiger partial charge on any atom is -0.481 e. The Morgan fingerprint density at radius 2 is 1.78 bits per heavy atom. The second-order valence-corrected chi connectivity index (χ2v) is 6.29. The van der Waals surface area contributed by atoms with Crippen LogP contribution < -0.4 is 10.6 Å². The summed E-state index contributed by atoms with van der Waals surface area (Å²) < 4.78 is 0.